The monoisotopic (exact) mass is 423 g/mol. The molecule has 0 bridgehead atoms. The van der Waals surface area contributed by atoms with Crippen LogP contribution in [0.1, 0.15) is 45.7 Å². The first-order valence-electron chi connectivity index (χ1n) is 10.4. The van der Waals surface area contributed by atoms with E-state index in [0.29, 0.717) is 30.9 Å². The van der Waals surface area contributed by atoms with Crippen LogP contribution in [0.25, 0.3) is 0 Å². The van der Waals surface area contributed by atoms with E-state index in [4.69, 9.17) is 14.2 Å². The van der Waals surface area contributed by atoms with Gasteiger partial charge < -0.3 is 24.4 Å². The minimum Gasteiger partial charge on any atom is -0.495 e. The molecule has 2 amide bonds. The van der Waals surface area contributed by atoms with Crippen LogP contribution < -0.4 is 10.1 Å². The second-order valence-electron chi connectivity index (χ2n) is 7.84. The number of anilines is 1. The van der Waals surface area contributed by atoms with Crippen LogP contribution in [0, 0.1) is 0 Å². The highest BCUT2D eigenvalue weighted by molar-refractivity contribution is 5.77. The van der Waals surface area contributed by atoms with Crippen LogP contribution in [0.4, 0.5) is 10.5 Å². The van der Waals surface area contributed by atoms with Crippen molar-refractivity contribution in [1.29, 1.82) is 0 Å². The molecule has 0 unspecified atom stereocenters. The highest BCUT2D eigenvalue weighted by Gasteiger charge is 2.28. The van der Waals surface area contributed by atoms with E-state index >= 15 is 0 Å². The fourth-order valence-corrected chi connectivity index (χ4v) is 2.88. The first kappa shape index (κ1) is 25.7. The van der Waals surface area contributed by atoms with Crippen LogP contribution >= 0.6 is 0 Å². The number of benzene rings is 1. The zero-order chi connectivity index (χ0) is 22.7. The maximum Gasteiger partial charge on any atom is 0.410 e. The highest BCUT2D eigenvalue weighted by Crippen LogP contribution is 2.33. The van der Waals surface area contributed by atoms with Crippen molar-refractivity contribution in [1.82, 2.24) is 9.80 Å². The summed E-state index contributed by atoms with van der Waals surface area (Å²) in [6.07, 6.45) is 0.257. The Hall–Kier alpha value is -2.32. The molecule has 0 aliphatic carbocycles. The Bertz CT molecular complexity index is 682. The van der Waals surface area contributed by atoms with Crippen molar-refractivity contribution in [2.24, 2.45) is 0 Å². The second kappa shape index (κ2) is 12.4. The van der Waals surface area contributed by atoms with Gasteiger partial charge in [0.2, 0.25) is 6.41 Å². The Morgan fingerprint density at radius 3 is 2.13 bits per heavy atom. The molecule has 1 saturated heterocycles. The SMILES string of the molecule is CC.CN1CCOCC1.COc1cc2c(cc1NC=O)CN(C(=O)OC(C)(C)C)C2. The van der Waals surface area contributed by atoms with Gasteiger partial charge in [-0.3, -0.25) is 9.69 Å². The molecule has 2 aliphatic rings. The third-order valence-electron chi connectivity index (χ3n) is 4.34. The standard InChI is InChI=1S/C15H20N2O4.C5H11NO.C2H6/c1-15(2,3)21-14(19)17-7-10-5-12(16-9-18)13(20-4)6-11(10)8-17;1-6-2-4-7-5-3-6;1-2/h5-6,9H,7-8H2,1-4H3,(H,16,18);2-5H2,1H3;1-2H3. The molecule has 0 spiro atoms. The largest absolute Gasteiger partial charge is 0.495 e. The van der Waals surface area contributed by atoms with Crippen molar-refractivity contribution in [2.45, 2.75) is 53.3 Å². The third-order valence-corrected chi connectivity index (χ3v) is 4.34. The topological polar surface area (TPSA) is 80.3 Å². The van der Waals surface area contributed by atoms with Gasteiger partial charge in [-0.1, -0.05) is 13.8 Å². The first-order chi connectivity index (χ1) is 14.2. The van der Waals surface area contributed by atoms with Gasteiger partial charge in [0, 0.05) is 26.2 Å². The molecule has 1 N–H and O–H groups in total. The Kier molecular flexibility index (Phi) is 10.6. The van der Waals surface area contributed by atoms with Crippen LogP contribution in [0.15, 0.2) is 12.1 Å². The van der Waals surface area contributed by atoms with Gasteiger partial charge in [0.15, 0.2) is 0 Å². The summed E-state index contributed by atoms with van der Waals surface area (Å²) in [6, 6.07) is 3.67. The van der Waals surface area contributed by atoms with E-state index in [1.807, 2.05) is 46.8 Å². The van der Waals surface area contributed by atoms with Crippen LogP contribution in [0.3, 0.4) is 0 Å². The van der Waals surface area contributed by atoms with Gasteiger partial charge in [-0.2, -0.15) is 0 Å². The van der Waals surface area contributed by atoms with E-state index in [9.17, 15) is 9.59 Å². The summed E-state index contributed by atoms with van der Waals surface area (Å²) < 4.78 is 15.7. The molecule has 2 heterocycles. The van der Waals surface area contributed by atoms with Gasteiger partial charge >= 0.3 is 6.09 Å². The predicted octanol–water partition coefficient (Wildman–Crippen LogP) is 3.49. The van der Waals surface area contributed by atoms with Crippen molar-refractivity contribution in [3.05, 3.63) is 23.3 Å². The normalized spacial score (nSPS) is 15.6. The number of rotatable bonds is 3. The number of morpholine rings is 1. The van der Waals surface area contributed by atoms with E-state index in [0.717, 1.165) is 37.4 Å². The lowest BCUT2D eigenvalue weighted by molar-refractivity contribution is -0.105. The number of methoxy groups -OCH3 is 1. The van der Waals surface area contributed by atoms with E-state index < -0.39 is 5.60 Å². The van der Waals surface area contributed by atoms with Crippen molar-refractivity contribution in [2.75, 3.05) is 45.8 Å². The number of carbonyl (C=O) groups excluding carboxylic acids is 2. The molecule has 0 aromatic heterocycles. The zero-order valence-electron chi connectivity index (χ0n) is 19.4. The number of nitrogens with one attached hydrogen (secondary N) is 1. The van der Waals surface area contributed by atoms with Gasteiger partial charge in [-0.05, 0) is 51.1 Å². The summed E-state index contributed by atoms with van der Waals surface area (Å²) in [7, 11) is 3.65. The predicted molar refractivity (Wildman–Crippen MR) is 118 cm³/mol. The summed E-state index contributed by atoms with van der Waals surface area (Å²) in [5, 5.41) is 2.60. The smallest absolute Gasteiger partial charge is 0.410 e. The number of nitrogens with zero attached hydrogens (tertiary/aromatic N) is 2. The van der Waals surface area contributed by atoms with Gasteiger partial charge in [0.25, 0.3) is 0 Å². The summed E-state index contributed by atoms with van der Waals surface area (Å²) >= 11 is 0. The molecule has 1 aromatic rings. The molecular weight excluding hydrogens is 386 g/mol. The maximum absolute atomic E-state index is 12.1. The molecule has 170 valence electrons. The molecule has 3 rings (SSSR count). The van der Waals surface area contributed by atoms with Gasteiger partial charge in [-0.15, -0.1) is 0 Å². The molecular formula is C22H37N3O5. The summed E-state index contributed by atoms with van der Waals surface area (Å²) in [5.41, 5.74) is 2.05. The summed E-state index contributed by atoms with van der Waals surface area (Å²) in [5.74, 6) is 0.576. The fraction of sp³-hybridized carbons (Fsp3) is 0.636. The van der Waals surface area contributed by atoms with Crippen LogP contribution in [-0.4, -0.2) is 68.4 Å². The molecule has 0 atom stereocenters. The average Bonchev–Trinajstić information content (AvgIpc) is 3.12. The van der Waals surface area contributed by atoms with Crippen molar-refractivity contribution >= 4 is 18.2 Å². The molecule has 8 nitrogen and oxygen atoms in total. The number of amides is 2. The second-order valence-corrected chi connectivity index (χ2v) is 7.84. The van der Waals surface area contributed by atoms with Gasteiger partial charge in [0.1, 0.15) is 11.4 Å². The fourth-order valence-electron chi connectivity index (χ4n) is 2.88. The van der Waals surface area contributed by atoms with Crippen LogP contribution in [0.5, 0.6) is 5.75 Å². The quantitative estimate of drug-likeness (QED) is 0.750. The number of hydrogen-bond acceptors (Lipinski definition) is 6. The van der Waals surface area contributed by atoms with E-state index in [1.165, 1.54) is 7.11 Å². The van der Waals surface area contributed by atoms with Crippen molar-refractivity contribution in [3.63, 3.8) is 0 Å². The minimum atomic E-state index is -0.520. The average molecular weight is 424 g/mol. The Balaban J connectivity index is 0.000000418. The molecule has 1 fully saturated rings. The Morgan fingerprint density at radius 1 is 1.13 bits per heavy atom. The minimum absolute atomic E-state index is 0.345. The van der Waals surface area contributed by atoms with Crippen molar-refractivity contribution in [3.8, 4) is 5.75 Å². The first-order valence-corrected chi connectivity index (χ1v) is 10.4. The molecule has 0 saturated carbocycles. The summed E-state index contributed by atoms with van der Waals surface area (Å²) in [6.45, 7) is 14.5. The molecule has 0 radical (unpaired) electrons. The zero-order valence-corrected chi connectivity index (χ0v) is 19.4. The van der Waals surface area contributed by atoms with Gasteiger partial charge in [0.05, 0.1) is 26.0 Å². The summed E-state index contributed by atoms with van der Waals surface area (Å²) in [4.78, 5) is 26.6. The Morgan fingerprint density at radius 2 is 1.70 bits per heavy atom. The van der Waals surface area contributed by atoms with E-state index in [1.54, 1.807) is 4.90 Å². The number of ether oxygens (including phenoxy) is 3. The highest BCUT2D eigenvalue weighted by atomic mass is 16.6. The third kappa shape index (κ3) is 8.20. The number of hydrogen-bond donors (Lipinski definition) is 1. The number of carbonyl (C=O) groups is 2. The van der Waals surface area contributed by atoms with E-state index in [2.05, 4.69) is 17.3 Å². The lowest BCUT2D eigenvalue weighted by atomic mass is 10.1. The molecule has 8 heteroatoms. The van der Waals surface area contributed by atoms with Crippen molar-refractivity contribution < 1.29 is 23.8 Å². The molecule has 1 aromatic carbocycles. The number of likely N-dealkylation sites (N-methyl/N-ethyl adjacent to an activating group) is 1. The van der Waals surface area contributed by atoms with Crippen LogP contribution in [0.2, 0.25) is 0 Å². The maximum atomic E-state index is 12.1. The Labute approximate surface area is 180 Å². The van der Waals surface area contributed by atoms with Gasteiger partial charge in [-0.25, -0.2) is 4.79 Å². The number of fused-ring (bicyclic) bond motifs is 1. The molecule has 2 aliphatic heterocycles. The van der Waals surface area contributed by atoms with Crippen LogP contribution in [-0.2, 0) is 27.4 Å². The molecule has 30 heavy (non-hydrogen) atoms. The lowest BCUT2D eigenvalue weighted by Gasteiger charge is -2.24. The van der Waals surface area contributed by atoms with E-state index in [-0.39, 0.29) is 6.09 Å². The lowest BCUT2D eigenvalue weighted by Crippen LogP contribution is -2.33.